The van der Waals surface area contributed by atoms with Crippen LogP contribution in [0.1, 0.15) is 18.4 Å². The van der Waals surface area contributed by atoms with Gasteiger partial charge in [-0.15, -0.1) is 11.3 Å². The fourth-order valence-electron chi connectivity index (χ4n) is 3.38. The molecule has 2 saturated heterocycles. The van der Waals surface area contributed by atoms with Gasteiger partial charge in [0.1, 0.15) is 0 Å². The average molecular weight is 389 g/mol. The number of hydrogen-bond donors (Lipinski definition) is 1. The molecule has 0 bridgehead atoms. The Bertz CT molecular complexity index is 734. The molecular weight excluding hydrogens is 364 g/mol. The predicted molar refractivity (Wildman–Crippen MR) is 110 cm³/mol. The van der Waals surface area contributed by atoms with Crippen molar-refractivity contribution in [1.82, 2.24) is 14.8 Å². The van der Waals surface area contributed by atoms with Crippen molar-refractivity contribution in [3.63, 3.8) is 0 Å². The van der Waals surface area contributed by atoms with Crippen molar-refractivity contribution in [1.29, 1.82) is 0 Å². The smallest absolute Gasteiger partial charge is 0.323 e. The highest BCUT2D eigenvalue weighted by atomic mass is 32.2. The molecule has 1 aromatic carbocycles. The van der Waals surface area contributed by atoms with Gasteiger partial charge in [-0.3, -0.25) is 10.2 Å². The maximum absolute atomic E-state index is 12.3. The minimum atomic E-state index is -0.0350. The Labute approximate surface area is 162 Å². The van der Waals surface area contributed by atoms with E-state index >= 15 is 0 Å². The number of hydrogen-bond acceptors (Lipinski definition) is 5. The van der Waals surface area contributed by atoms with Gasteiger partial charge in [0.15, 0.2) is 5.13 Å². The number of urea groups is 1. The molecule has 0 unspecified atom stereocenters. The second-order valence-electron chi connectivity index (χ2n) is 6.75. The van der Waals surface area contributed by atoms with Crippen molar-refractivity contribution in [2.75, 3.05) is 43.0 Å². The normalized spacial score (nSPS) is 18.2. The molecule has 3 heterocycles. The van der Waals surface area contributed by atoms with Gasteiger partial charge in [0.05, 0.1) is 5.69 Å². The van der Waals surface area contributed by atoms with Crippen LogP contribution in [0.3, 0.4) is 0 Å². The van der Waals surface area contributed by atoms with Crippen LogP contribution in [0.5, 0.6) is 0 Å². The van der Waals surface area contributed by atoms with E-state index in [1.165, 1.54) is 42.8 Å². The molecule has 2 aliphatic heterocycles. The van der Waals surface area contributed by atoms with E-state index < -0.39 is 0 Å². The van der Waals surface area contributed by atoms with E-state index in [0.29, 0.717) is 5.13 Å². The Morgan fingerprint density at radius 3 is 2.54 bits per heavy atom. The van der Waals surface area contributed by atoms with Gasteiger partial charge in [0, 0.05) is 42.1 Å². The molecule has 2 amide bonds. The third-order valence-electron chi connectivity index (χ3n) is 4.87. The standard InChI is InChI=1S/C19H24N4OS2/c24-19(23-9-11-25-12-10-23)21-18-20-17(14-26-18)16-5-3-15(4-6-16)13-22-7-1-2-8-22/h3-6,14H,1-2,7-13H2,(H,20,21,24). The fourth-order valence-corrected chi connectivity index (χ4v) is 4.99. The molecule has 7 heteroatoms. The summed E-state index contributed by atoms with van der Waals surface area (Å²) in [6, 6.07) is 8.61. The van der Waals surface area contributed by atoms with Crippen molar-refractivity contribution < 1.29 is 4.79 Å². The Hall–Kier alpha value is -1.57. The summed E-state index contributed by atoms with van der Waals surface area (Å²) in [6.45, 7) is 5.09. The van der Waals surface area contributed by atoms with Crippen LogP contribution in [-0.4, -0.2) is 58.5 Å². The number of thioether (sulfide) groups is 1. The number of thiazole rings is 1. The molecule has 26 heavy (non-hydrogen) atoms. The Morgan fingerprint density at radius 2 is 1.81 bits per heavy atom. The number of carbonyl (C=O) groups is 1. The first kappa shape index (κ1) is 17.8. The fraction of sp³-hybridized carbons (Fsp3) is 0.474. The molecule has 4 rings (SSSR count). The Balaban J connectivity index is 1.36. The molecule has 2 aromatic rings. The van der Waals surface area contributed by atoms with Crippen LogP contribution in [0.2, 0.25) is 0 Å². The lowest BCUT2D eigenvalue weighted by molar-refractivity contribution is 0.217. The summed E-state index contributed by atoms with van der Waals surface area (Å²) in [7, 11) is 0. The van der Waals surface area contributed by atoms with Crippen LogP contribution in [0.15, 0.2) is 29.6 Å². The minimum absolute atomic E-state index is 0.0350. The summed E-state index contributed by atoms with van der Waals surface area (Å²) in [5.41, 5.74) is 3.37. The molecule has 1 N–H and O–H groups in total. The molecule has 138 valence electrons. The Morgan fingerprint density at radius 1 is 1.08 bits per heavy atom. The highest BCUT2D eigenvalue weighted by molar-refractivity contribution is 7.99. The van der Waals surface area contributed by atoms with Gasteiger partial charge in [-0.25, -0.2) is 9.78 Å². The van der Waals surface area contributed by atoms with Gasteiger partial charge in [-0.2, -0.15) is 11.8 Å². The van der Waals surface area contributed by atoms with Crippen molar-refractivity contribution >= 4 is 34.3 Å². The third-order valence-corrected chi connectivity index (χ3v) is 6.57. The monoisotopic (exact) mass is 388 g/mol. The van der Waals surface area contributed by atoms with Crippen LogP contribution < -0.4 is 5.32 Å². The zero-order chi connectivity index (χ0) is 17.8. The van der Waals surface area contributed by atoms with E-state index in [4.69, 9.17) is 0 Å². The van der Waals surface area contributed by atoms with E-state index in [1.54, 1.807) is 0 Å². The lowest BCUT2D eigenvalue weighted by Crippen LogP contribution is -2.40. The molecule has 0 spiro atoms. The maximum Gasteiger partial charge on any atom is 0.323 e. The van der Waals surface area contributed by atoms with Gasteiger partial charge < -0.3 is 4.90 Å². The number of amides is 2. The number of nitrogens with one attached hydrogen (secondary N) is 1. The Kier molecular flexibility index (Phi) is 5.77. The van der Waals surface area contributed by atoms with E-state index in [0.717, 1.165) is 42.4 Å². The number of rotatable bonds is 4. The topological polar surface area (TPSA) is 48.5 Å². The van der Waals surface area contributed by atoms with E-state index in [-0.39, 0.29) is 6.03 Å². The van der Waals surface area contributed by atoms with Crippen LogP contribution in [0.4, 0.5) is 9.93 Å². The van der Waals surface area contributed by atoms with Crippen molar-refractivity contribution in [2.24, 2.45) is 0 Å². The van der Waals surface area contributed by atoms with Crippen molar-refractivity contribution in [3.8, 4) is 11.3 Å². The third kappa shape index (κ3) is 4.39. The first-order valence-corrected chi connectivity index (χ1v) is 11.2. The van der Waals surface area contributed by atoms with Gasteiger partial charge >= 0.3 is 6.03 Å². The highest BCUT2D eigenvalue weighted by Crippen LogP contribution is 2.26. The summed E-state index contributed by atoms with van der Waals surface area (Å²) in [5, 5.41) is 5.62. The van der Waals surface area contributed by atoms with Crippen LogP contribution in [0.25, 0.3) is 11.3 Å². The van der Waals surface area contributed by atoms with Gasteiger partial charge in [0.25, 0.3) is 0 Å². The number of aromatic nitrogens is 1. The van der Waals surface area contributed by atoms with Crippen molar-refractivity contribution in [3.05, 3.63) is 35.2 Å². The molecular formula is C19H24N4OS2. The van der Waals surface area contributed by atoms with Gasteiger partial charge in [0.2, 0.25) is 0 Å². The molecule has 5 nitrogen and oxygen atoms in total. The summed E-state index contributed by atoms with van der Waals surface area (Å²) < 4.78 is 0. The highest BCUT2D eigenvalue weighted by Gasteiger charge is 2.18. The predicted octanol–water partition coefficient (Wildman–Crippen LogP) is 3.99. The first-order valence-electron chi connectivity index (χ1n) is 9.19. The summed E-state index contributed by atoms with van der Waals surface area (Å²) in [5.74, 6) is 2.03. The number of carbonyl (C=O) groups excluding carboxylic acids is 1. The lowest BCUT2D eigenvalue weighted by atomic mass is 10.1. The number of likely N-dealkylation sites (tertiary alicyclic amines) is 1. The first-order chi connectivity index (χ1) is 12.8. The summed E-state index contributed by atoms with van der Waals surface area (Å²) >= 11 is 3.38. The SMILES string of the molecule is O=C(Nc1nc(-c2ccc(CN3CCCC3)cc2)cs1)N1CCSCC1. The molecule has 0 saturated carbocycles. The van der Waals surface area contributed by atoms with Crippen LogP contribution in [-0.2, 0) is 6.54 Å². The molecule has 0 radical (unpaired) electrons. The molecule has 0 atom stereocenters. The summed E-state index contributed by atoms with van der Waals surface area (Å²) in [4.78, 5) is 21.3. The van der Waals surface area contributed by atoms with E-state index in [2.05, 4.69) is 39.5 Å². The lowest BCUT2D eigenvalue weighted by Gasteiger charge is -2.25. The second-order valence-corrected chi connectivity index (χ2v) is 8.83. The summed E-state index contributed by atoms with van der Waals surface area (Å²) in [6.07, 6.45) is 2.64. The maximum atomic E-state index is 12.3. The minimum Gasteiger partial charge on any atom is -0.323 e. The number of benzene rings is 1. The molecule has 1 aromatic heterocycles. The van der Waals surface area contributed by atoms with E-state index in [1.807, 2.05) is 22.0 Å². The zero-order valence-corrected chi connectivity index (χ0v) is 16.5. The number of nitrogens with zero attached hydrogens (tertiary/aromatic N) is 3. The largest absolute Gasteiger partial charge is 0.323 e. The quantitative estimate of drug-likeness (QED) is 0.860. The average Bonchev–Trinajstić information content (AvgIpc) is 3.35. The van der Waals surface area contributed by atoms with E-state index in [9.17, 15) is 4.79 Å². The zero-order valence-electron chi connectivity index (χ0n) is 14.8. The van der Waals surface area contributed by atoms with Crippen LogP contribution in [0, 0.1) is 0 Å². The van der Waals surface area contributed by atoms with Gasteiger partial charge in [-0.1, -0.05) is 24.3 Å². The molecule has 2 fully saturated rings. The molecule has 0 aliphatic carbocycles. The van der Waals surface area contributed by atoms with Crippen molar-refractivity contribution in [2.45, 2.75) is 19.4 Å². The molecule has 2 aliphatic rings. The second kappa shape index (κ2) is 8.41. The number of anilines is 1. The van der Waals surface area contributed by atoms with Gasteiger partial charge in [-0.05, 0) is 31.5 Å². The van der Waals surface area contributed by atoms with Crippen LogP contribution >= 0.6 is 23.1 Å².